The maximum absolute atomic E-state index is 10.4. The van der Waals surface area contributed by atoms with Gasteiger partial charge in [0.2, 0.25) is 0 Å². The first kappa shape index (κ1) is 12.9. The topological polar surface area (TPSA) is 55.8 Å². The SMILES string of the molecule is C.CCC(CO)OC(=O)OC. The molecular weight excluding hydrogens is 148 g/mol. The van der Waals surface area contributed by atoms with Crippen molar-refractivity contribution >= 4 is 6.16 Å². The van der Waals surface area contributed by atoms with Gasteiger partial charge in [0.15, 0.2) is 0 Å². The quantitative estimate of drug-likeness (QED) is 0.636. The lowest BCUT2D eigenvalue weighted by Gasteiger charge is -2.10. The van der Waals surface area contributed by atoms with E-state index in [0.29, 0.717) is 6.42 Å². The van der Waals surface area contributed by atoms with Gasteiger partial charge in [0.1, 0.15) is 6.10 Å². The summed E-state index contributed by atoms with van der Waals surface area (Å²) in [7, 11) is 1.23. The molecular formula is C7H16O4. The molecule has 68 valence electrons. The summed E-state index contributed by atoms with van der Waals surface area (Å²) in [6.07, 6.45) is -0.598. The minimum atomic E-state index is -0.749. The van der Waals surface area contributed by atoms with Crippen LogP contribution in [0.1, 0.15) is 20.8 Å². The molecule has 0 saturated carbocycles. The van der Waals surface area contributed by atoms with E-state index < -0.39 is 12.3 Å². The van der Waals surface area contributed by atoms with Gasteiger partial charge in [-0.3, -0.25) is 0 Å². The molecule has 0 aromatic carbocycles. The van der Waals surface area contributed by atoms with Gasteiger partial charge in [-0.15, -0.1) is 0 Å². The molecule has 11 heavy (non-hydrogen) atoms. The molecule has 0 radical (unpaired) electrons. The Bertz CT molecular complexity index is 98.6. The van der Waals surface area contributed by atoms with E-state index in [4.69, 9.17) is 5.11 Å². The van der Waals surface area contributed by atoms with Crippen LogP contribution in [-0.2, 0) is 9.47 Å². The van der Waals surface area contributed by atoms with Crippen LogP contribution in [0.4, 0.5) is 4.79 Å². The number of hydrogen-bond acceptors (Lipinski definition) is 4. The fraction of sp³-hybridized carbons (Fsp3) is 0.857. The van der Waals surface area contributed by atoms with Crippen molar-refractivity contribution < 1.29 is 19.4 Å². The van der Waals surface area contributed by atoms with Gasteiger partial charge in [0.05, 0.1) is 13.7 Å². The second kappa shape index (κ2) is 7.34. The first-order valence-electron chi connectivity index (χ1n) is 3.10. The molecule has 4 nitrogen and oxygen atoms in total. The van der Waals surface area contributed by atoms with Crippen molar-refractivity contribution in [2.75, 3.05) is 13.7 Å². The van der Waals surface area contributed by atoms with Gasteiger partial charge < -0.3 is 14.6 Å². The van der Waals surface area contributed by atoms with Crippen LogP contribution in [0.5, 0.6) is 0 Å². The van der Waals surface area contributed by atoms with E-state index in [9.17, 15) is 4.79 Å². The Balaban J connectivity index is 0. The highest BCUT2D eigenvalue weighted by atomic mass is 16.7. The van der Waals surface area contributed by atoms with Crippen LogP contribution in [0, 0.1) is 0 Å². The lowest BCUT2D eigenvalue weighted by Crippen LogP contribution is -2.20. The van der Waals surface area contributed by atoms with Crippen molar-refractivity contribution in [3.63, 3.8) is 0 Å². The van der Waals surface area contributed by atoms with E-state index in [0.717, 1.165) is 0 Å². The average Bonchev–Trinajstić information content (AvgIpc) is 1.99. The summed E-state index contributed by atoms with van der Waals surface area (Å²) in [5.41, 5.74) is 0. The maximum atomic E-state index is 10.4. The first-order valence-corrected chi connectivity index (χ1v) is 3.10. The van der Waals surface area contributed by atoms with E-state index in [1.54, 1.807) is 0 Å². The molecule has 0 aromatic heterocycles. The monoisotopic (exact) mass is 164 g/mol. The molecule has 0 aromatic rings. The Morgan fingerprint density at radius 1 is 1.64 bits per heavy atom. The molecule has 0 spiro atoms. The van der Waals surface area contributed by atoms with Crippen molar-refractivity contribution in [3.05, 3.63) is 0 Å². The summed E-state index contributed by atoms with van der Waals surface area (Å²) in [6.45, 7) is 1.65. The van der Waals surface area contributed by atoms with E-state index >= 15 is 0 Å². The summed E-state index contributed by atoms with van der Waals surface area (Å²) in [4.78, 5) is 10.4. The van der Waals surface area contributed by atoms with Crippen LogP contribution >= 0.6 is 0 Å². The summed E-state index contributed by atoms with van der Waals surface area (Å²) in [6, 6.07) is 0. The molecule has 0 heterocycles. The largest absolute Gasteiger partial charge is 0.508 e. The number of hydrogen-bond donors (Lipinski definition) is 1. The van der Waals surface area contributed by atoms with Crippen LogP contribution in [0.25, 0.3) is 0 Å². The highest BCUT2D eigenvalue weighted by Gasteiger charge is 2.09. The van der Waals surface area contributed by atoms with Gasteiger partial charge in [-0.2, -0.15) is 0 Å². The standard InChI is InChI=1S/C6H12O4.CH4/c1-3-5(4-7)10-6(8)9-2;/h5,7H,3-4H2,1-2H3;1H4. The first-order chi connectivity index (χ1) is 4.74. The number of ether oxygens (including phenoxy) is 2. The number of aliphatic hydroxyl groups excluding tert-OH is 1. The zero-order chi connectivity index (χ0) is 7.98. The number of carbonyl (C=O) groups is 1. The molecule has 0 aliphatic rings. The summed E-state index contributed by atoms with van der Waals surface area (Å²) in [5, 5.41) is 8.54. The normalized spacial score (nSPS) is 11.2. The van der Waals surface area contributed by atoms with Gasteiger partial charge in [-0.05, 0) is 6.42 Å². The predicted octanol–water partition coefficient (Wildman–Crippen LogP) is 1.18. The maximum Gasteiger partial charge on any atom is 0.508 e. The van der Waals surface area contributed by atoms with Crippen molar-refractivity contribution in [2.24, 2.45) is 0 Å². The van der Waals surface area contributed by atoms with Gasteiger partial charge in [-0.1, -0.05) is 14.4 Å². The zero-order valence-electron chi connectivity index (χ0n) is 6.16. The van der Waals surface area contributed by atoms with Crippen LogP contribution in [0.15, 0.2) is 0 Å². The van der Waals surface area contributed by atoms with Crippen LogP contribution < -0.4 is 0 Å². The molecule has 1 atom stereocenters. The molecule has 0 aliphatic heterocycles. The predicted molar refractivity (Wildman–Crippen MR) is 41.4 cm³/mol. The second-order valence-electron chi connectivity index (χ2n) is 1.78. The Hall–Kier alpha value is -0.770. The minimum Gasteiger partial charge on any atom is -0.438 e. The third kappa shape index (κ3) is 5.66. The lowest BCUT2D eigenvalue weighted by atomic mass is 10.3. The fourth-order valence-corrected chi connectivity index (χ4v) is 0.434. The van der Waals surface area contributed by atoms with Crippen molar-refractivity contribution in [1.82, 2.24) is 0 Å². The molecule has 0 aliphatic carbocycles. The van der Waals surface area contributed by atoms with Gasteiger partial charge >= 0.3 is 6.16 Å². The molecule has 0 fully saturated rings. The second-order valence-corrected chi connectivity index (χ2v) is 1.78. The van der Waals surface area contributed by atoms with Crippen molar-refractivity contribution in [2.45, 2.75) is 26.9 Å². The third-order valence-corrected chi connectivity index (χ3v) is 1.09. The molecule has 4 heteroatoms. The van der Waals surface area contributed by atoms with Gasteiger partial charge in [0, 0.05) is 0 Å². The lowest BCUT2D eigenvalue weighted by molar-refractivity contribution is 0.0118. The highest BCUT2D eigenvalue weighted by molar-refractivity contribution is 5.59. The molecule has 1 unspecified atom stereocenters. The number of carbonyl (C=O) groups excluding carboxylic acids is 1. The van der Waals surface area contributed by atoms with Crippen molar-refractivity contribution in [3.8, 4) is 0 Å². The van der Waals surface area contributed by atoms with Crippen molar-refractivity contribution in [1.29, 1.82) is 0 Å². The summed E-state index contributed by atoms with van der Waals surface area (Å²) >= 11 is 0. The Morgan fingerprint density at radius 3 is 2.45 bits per heavy atom. The summed E-state index contributed by atoms with van der Waals surface area (Å²) < 4.78 is 8.80. The Kier molecular flexibility index (Phi) is 8.58. The van der Waals surface area contributed by atoms with Gasteiger partial charge in [-0.25, -0.2) is 4.79 Å². The minimum absolute atomic E-state index is 0. The Labute approximate surface area is 67.1 Å². The summed E-state index contributed by atoms with van der Waals surface area (Å²) in [5.74, 6) is 0. The fourth-order valence-electron chi connectivity index (χ4n) is 0.434. The van der Waals surface area contributed by atoms with E-state index in [1.807, 2.05) is 6.92 Å². The van der Waals surface area contributed by atoms with Crippen LogP contribution in [0.2, 0.25) is 0 Å². The molecule has 0 saturated heterocycles. The molecule has 0 bridgehead atoms. The highest BCUT2D eigenvalue weighted by Crippen LogP contribution is 1.97. The van der Waals surface area contributed by atoms with E-state index in [-0.39, 0.29) is 14.0 Å². The van der Waals surface area contributed by atoms with Crippen LogP contribution in [0.3, 0.4) is 0 Å². The zero-order valence-corrected chi connectivity index (χ0v) is 6.16. The number of methoxy groups -OCH3 is 1. The van der Waals surface area contributed by atoms with E-state index in [1.165, 1.54) is 7.11 Å². The molecule has 1 N–H and O–H groups in total. The molecule has 0 amide bonds. The number of rotatable bonds is 3. The Morgan fingerprint density at radius 2 is 2.18 bits per heavy atom. The smallest absolute Gasteiger partial charge is 0.438 e. The third-order valence-electron chi connectivity index (χ3n) is 1.09. The van der Waals surface area contributed by atoms with Gasteiger partial charge in [0.25, 0.3) is 0 Å². The average molecular weight is 164 g/mol. The van der Waals surface area contributed by atoms with E-state index in [2.05, 4.69) is 9.47 Å². The molecule has 0 rings (SSSR count). The van der Waals surface area contributed by atoms with Crippen LogP contribution in [-0.4, -0.2) is 31.1 Å². The number of aliphatic hydroxyl groups is 1.